The molecule has 1 aromatic rings. The molecule has 1 amide bonds. The van der Waals surface area contributed by atoms with Gasteiger partial charge in [-0.05, 0) is 36.6 Å². The highest BCUT2D eigenvalue weighted by atomic mass is 32.1. The molecule has 2 N–H and O–H groups in total. The first-order valence-corrected chi connectivity index (χ1v) is 6.10. The molecule has 0 aliphatic heterocycles. The smallest absolute Gasteiger partial charge is 0.326 e. The number of rotatable bonds is 4. The summed E-state index contributed by atoms with van der Waals surface area (Å²) in [5.74, 6) is -1.11. The van der Waals surface area contributed by atoms with Gasteiger partial charge in [0.1, 0.15) is 6.04 Å². The first kappa shape index (κ1) is 11.1. The minimum Gasteiger partial charge on any atom is -0.480 e. The first-order valence-electron chi connectivity index (χ1n) is 5.16. The molecule has 0 saturated heterocycles. The predicted molar refractivity (Wildman–Crippen MR) is 60.7 cm³/mol. The number of thiophene rings is 1. The number of carboxylic acid groups (broad SMARTS) is 1. The lowest BCUT2D eigenvalue weighted by Crippen LogP contribution is -2.42. The van der Waals surface area contributed by atoms with Gasteiger partial charge >= 0.3 is 5.97 Å². The van der Waals surface area contributed by atoms with Crippen molar-refractivity contribution >= 4 is 23.2 Å². The molecule has 1 aliphatic rings. The van der Waals surface area contributed by atoms with Gasteiger partial charge in [0.05, 0.1) is 5.56 Å². The van der Waals surface area contributed by atoms with Crippen molar-refractivity contribution in [3.8, 4) is 0 Å². The zero-order valence-electron chi connectivity index (χ0n) is 8.90. The van der Waals surface area contributed by atoms with Crippen LogP contribution in [0, 0.1) is 12.8 Å². The Bertz CT molecular complexity index is 423. The number of carbonyl (C=O) groups excluding carboxylic acids is 1. The number of carboxylic acids is 1. The second kappa shape index (κ2) is 4.25. The summed E-state index contributed by atoms with van der Waals surface area (Å²) < 4.78 is 0. The normalized spacial score (nSPS) is 16.8. The van der Waals surface area contributed by atoms with Gasteiger partial charge in [0.25, 0.3) is 5.91 Å². The van der Waals surface area contributed by atoms with E-state index in [1.807, 2.05) is 12.3 Å². The lowest BCUT2D eigenvalue weighted by molar-refractivity contribution is -0.139. The van der Waals surface area contributed by atoms with Crippen molar-refractivity contribution in [1.82, 2.24) is 5.32 Å². The Kier molecular flexibility index (Phi) is 2.96. The molecule has 1 unspecified atom stereocenters. The van der Waals surface area contributed by atoms with E-state index in [0.717, 1.165) is 18.4 Å². The number of hydrogen-bond acceptors (Lipinski definition) is 3. The molecule has 1 atom stereocenters. The second-order valence-corrected chi connectivity index (χ2v) is 4.84. The highest BCUT2D eigenvalue weighted by Crippen LogP contribution is 2.33. The van der Waals surface area contributed by atoms with Crippen LogP contribution in [0.3, 0.4) is 0 Å². The highest BCUT2D eigenvalue weighted by molar-refractivity contribution is 7.08. The summed E-state index contributed by atoms with van der Waals surface area (Å²) in [6.07, 6.45) is 1.78. The Morgan fingerprint density at radius 2 is 2.19 bits per heavy atom. The summed E-state index contributed by atoms with van der Waals surface area (Å²) in [7, 11) is 0. The van der Waals surface area contributed by atoms with E-state index >= 15 is 0 Å². The number of nitrogens with one attached hydrogen (secondary N) is 1. The van der Waals surface area contributed by atoms with E-state index in [2.05, 4.69) is 5.32 Å². The predicted octanol–water partition coefficient (Wildman–Crippen LogP) is 1.65. The van der Waals surface area contributed by atoms with Crippen LogP contribution in [0.2, 0.25) is 0 Å². The number of hydrogen-bond donors (Lipinski definition) is 2. The van der Waals surface area contributed by atoms with Crippen LogP contribution < -0.4 is 5.32 Å². The quantitative estimate of drug-likeness (QED) is 0.839. The van der Waals surface area contributed by atoms with Crippen LogP contribution in [0.5, 0.6) is 0 Å². The molecule has 1 aromatic heterocycles. The molecule has 1 heterocycles. The van der Waals surface area contributed by atoms with Crippen LogP contribution in [0.15, 0.2) is 10.8 Å². The summed E-state index contributed by atoms with van der Waals surface area (Å²) in [5.41, 5.74) is 1.47. The molecule has 1 aliphatic carbocycles. The van der Waals surface area contributed by atoms with Crippen LogP contribution in [0.1, 0.15) is 28.8 Å². The molecule has 2 rings (SSSR count). The van der Waals surface area contributed by atoms with Crippen LogP contribution in [0.25, 0.3) is 0 Å². The van der Waals surface area contributed by atoms with E-state index in [1.54, 1.807) is 5.38 Å². The van der Waals surface area contributed by atoms with E-state index in [0.29, 0.717) is 5.56 Å². The summed E-state index contributed by atoms with van der Waals surface area (Å²) >= 11 is 1.45. The Morgan fingerprint density at radius 3 is 2.62 bits per heavy atom. The van der Waals surface area contributed by atoms with E-state index < -0.39 is 12.0 Å². The van der Waals surface area contributed by atoms with Gasteiger partial charge < -0.3 is 10.4 Å². The molecule has 0 bridgehead atoms. The van der Waals surface area contributed by atoms with Gasteiger partial charge in [-0.2, -0.15) is 11.3 Å². The van der Waals surface area contributed by atoms with Gasteiger partial charge in [0.2, 0.25) is 0 Å². The van der Waals surface area contributed by atoms with E-state index in [-0.39, 0.29) is 11.8 Å². The maximum absolute atomic E-state index is 11.8. The number of aryl methyl sites for hydroxylation is 1. The van der Waals surface area contributed by atoms with Crippen molar-refractivity contribution < 1.29 is 14.7 Å². The van der Waals surface area contributed by atoms with Gasteiger partial charge in [-0.3, -0.25) is 4.79 Å². The zero-order chi connectivity index (χ0) is 11.7. The molecule has 86 valence electrons. The largest absolute Gasteiger partial charge is 0.480 e. The van der Waals surface area contributed by atoms with Gasteiger partial charge in [-0.1, -0.05) is 0 Å². The fraction of sp³-hybridized carbons (Fsp3) is 0.455. The fourth-order valence-corrected chi connectivity index (χ4v) is 2.45. The number of carbonyl (C=O) groups is 2. The summed E-state index contributed by atoms with van der Waals surface area (Å²) in [4.78, 5) is 22.8. The van der Waals surface area contributed by atoms with E-state index in [9.17, 15) is 9.59 Å². The van der Waals surface area contributed by atoms with Crippen molar-refractivity contribution in [3.63, 3.8) is 0 Å². The standard InChI is InChI=1S/C11H13NO3S/c1-6-4-16-5-8(6)10(13)12-9(11(14)15)7-2-3-7/h4-5,7,9H,2-3H2,1H3,(H,12,13)(H,14,15). The van der Waals surface area contributed by atoms with Crippen molar-refractivity contribution in [1.29, 1.82) is 0 Å². The van der Waals surface area contributed by atoms with Crippen LogP contribution in [0.4, 0.5) is 0 Å². The second-order valence-electron chi connectivity index (χ2n) is 4.10. The summed E-state index contributed by atoms with van der Waals surface area (Å²) in [6.45, 7) is 1.85. The Labute approximate surface area is 97.3 Å². The molecule has 4 nitrogen and oxygen atoms in total. The van der Waals surface area contributed by atoms with Gasteiger partial charge in [-0.25, -0.2) is 4.79 Å². The first-order chi connectivity index (χ1) is 7.59. The maximum atomic E-state index is 11.8. The molecular formula is C11H13NO3S. The molecule has 0 aromatic carbocycles. The zero-order valence-corrected chi connectivity index (χ0v) is 9.71. The lowest BCUT2D eigenvalue weighted by atomic mass is 10.1. The SMILES string of the molecule is Cc1cscc1C(=O)NC(C(=O)O)C1CC1. The Morgan fingerprint density at radius 1 is 1.50 bits per heavy atom. The average Bonchev–Trinajstić information content (AvgIpc) is 2.96. The number of amides is 1. The minimum atomic E-state index is -0.941. The van der Waals surface area contributed by atoms with Gasteiger partial charge in [0.15, 0.2) is 0 Å². The Hall–Kier alpha value is -1.36. The Balaban J connectivity index is 2.06. The van der Waals surface area contributed by atoms with Crippen molar-refractivity contribution in [2.24, 2.45) is 5.92 Å². The van der Waals surface area contributed by atoms with Crippen LogP contribution in [-0.2, 0) is 4.79 Å². The van der Waals surface area contributed by atoms with Gasteiger partial charge in [-0.15, -0.1) is 0 Å². The third-order valence-corrected chi connectivity index (χ3v) is 3.61. The molecule has 16 heavy (non-hydrogen) atoms. The minimum absolute atomic E-state index is 0.111. The lowest BCUT2D eigenvalue weighted by Gasteiger charge is -2.13. The number of aliphatic carboxylic acids is 1. The van der Waals surface area contributed by atoms with Gasteiger partial charge in [0, 0.05) is 5.38 Å². The van der Waals surface area contributed by atoms with Crippen molar-refractivity contribution in [2.75, 3.05) is 0 Å². The molecule has 0 radical (unpaired) electrons. The molecule has 5 heteroatoms. The van der Waals surface area contributed by atoms with Crippen LogP contribution in [-0.4, -0.2) is 23.0 Å². The van der Waals surface area contributed by atoms with E-state index in [4.69, 9.17) is 5.11 Å². The topological polar surface area (TPSA) is 66.4 Å². The molecule has 0 spiro atoms. The van der Waals surface area contributed by atoms with E-state index in [1.165, 1.54) is 11.3 Å². The summed E-state index contributed by atoms with van der Waals surface area (Å²) in [6, 6.07) is -0.730. The molecule has 1 saturated carbocycles. The highest BCUT2D eigenvalue weighted by Gasteiger charge is 2.37. The molecule has 1 fully saturated rings. The monoisotopic (exact) mass is 239 g/mol. The van der Waals surface area contributed by atoms with Crippen molar-refractivity contribution in [3.05, 3.63) is 21.9 Å². The maximum Gasteiger partial charge on any atom is 0.326 e. The fourth-order valence-electron chi connectivity index (χ4n) is 1.62. The average molecular weight is 239 g/mol. The summed E-state index contributed by atoms with van der Waals surface area (Å²) in [5, 5.41) is 15.2. The third-order valence-electron chi connectivity index (χ3n) is 2.75. The molecular weight excluding hydrogens is 226 g/mol. The van der Waals surface area contributed by atoms with Crippen LogP contribution >= 0.6 is 11.3 Å². The van der Waals surface area contributed by atoms with Crippen molar-refractivity contribution in [2.45, 2.75) is 25.8 Å². The third kappa shape index (κ3) is 2.24.